The van der Waals surface area contributed by atoms with Gasteiger partial charge in [-0.25, -0.2) is 0 Å². The van der Waals surface area contributed by atoms with E-state index in [1.165, 1.54) is 0 Å². The fourth-order valence-electron chi connectivity index (χ4n) is 2.48. The van der Waals surface area contributed by atoms with E-state index >= 15 is 0 Å². The summed E-state index contributed by atoms with van der Waals surface area (Å²) in [7, 11) is 2.13. The summed E-state index contributed by atoms with van der Waals surface area (Å²) >= 11 is 0. The monoisotopic (exact) mass is 209 g/mol. The molecule has 84 valence electrons. The number of morpholine rings is 1. The maximum atomic E-state index is 9.43. The molecule has 0 atom stereocenters. The van der Waals surface area contributed by atoms with Gasteiger partial charge in [-0.3, -0.25) is 4.90 Å². The van der Waals surface area contributed by atoms with Gasteiger partial charge in [0, 0.05) is 26.2 Å². The van der Waals surface area contributed by atoms with Crippen LogP contribution in [0, 0.1) is 11.3 Å². The molecule has 2 aliphatic rings. The Morgan fingerprint density at radius 1 is 1.13 bits per heavy atom. The van der Waals surface area contributed by atoms with Crippen LogP contribution >= 0.6 is 0 Å². The average Bonchev–Trinajstić information content (AvgIpc) is 2.32. The summed E-state index contributed by atoms with van der Waals surface area (Å²) in [4.78, 5) is 4.62. The smallest absolute Gasteiger partial charge is 0.111 e. The Labute approximate surface area is 91.4 Å². The zero-order valence-electron chi connectivity index (χ0n) is 9.41. The highest BCUT2D eigenvalue weighted by molar-refractivity contribution is 5.11. The van der Waals surface area contributed by atoms with Crippen LogP contribution in [0.3, 0.4) is 0 Å². The Morgan fingerprint density at radius 2 is 1.73 bits per heavy atom. The van der Waals surface area contributed by atoms with Gasteiger partial charge in [0.05, 0.1) is 19.3 Å². The summed E-state index contributed by atoms with van der Waals surface area (Å²) in [6, 6.07) is 2.55. The molecule has 4 nitrogen and oxygen atoms in total. The summed E-state index contributed by atoms with van der Waals surface area (Å²) in [6.07, 6.45) is 1.94. The third kappa shape index (κ3) is 2.15. The molecule has 0 spiro atoms. The maximum Gasteiger partial charge on any atom is 0.111 e. The van der Waals surface area contributed by atoms with Crippen molar-refractivity contribution < 1.29 is 4.74 Å². The lowest BCUT2D eigenvalue weighted by molar-refractivity contribution is -0.0220. The first-order chi connectivity index (χ1) is 7.27. The second-order valence-electron chi connectivity index (χ2n) is 4.55. The summed E-state index contributed by atoms with van der Waals surface area (Å²) < 4.78 is 5.34. The minimum atomic E-state index is -0.212. The highest BCUT2D eigenvalue weighted by atomic mass is 16.5. The van der Waals surface area contributed by atoms with Gasteiger partial charge in [0.25, 0.3) is 0 Å². The molecule has 0 bridgehead atoms. The highest BCUT2D eigenvalue weighted by Crippen LogP contribution is 2.28. The van der Waals surface area contributed by atoms with Crippen molar-refractivity contribution in [3.8, 4) is 6.07 Å². The Morgan fingerprint density at radius 3 is 2.27 bits per heavy atom. The number of hydrogen-bond donors (Lipinski definition) is 0. The highest BCUT2D eigenvalue weighted by Gasteiger charge is 2.39. The van der Waals surface area contributed by atoms with Gasteiger partial charge < -0.3 is 9.64 Å². The topological polar surface area (TPSA) is 39.5 Å². The number of ether oxygens (including phenoxy) is 1. The Hall–Kier alpha value is -0.630. The SMILES string of the molecule is CN1CCC(C#N)(N2CCOCC2)CC1. The summed E-state index contributed by atoms with van der Waals surface area (Å²) in [5.41, 5.74) is -0.212. The standard InChI is InChI=1S/C11H19N3O/c1-13-4-2-11(10-12,3-5-13)14-6-8-15-9-7-14/h2-9H2,1H3. The fourth-order valence-corrected chi connectivity index (χ4v) is 2.48. The first-order valence-electron chi connectivity index (χ1n) is 5.69. The second-order valence-corrected chi connectivity index (χ2v) is 4.55. The largest absolute Gasteiger partial charge is 0.379 e. The minimum Gasteiger partial charge on any atom is -0.379 e. The predicted octanol–water partition coefficient (Wildman–Crippen LogP) is 0.307. The summed E-state index contributed by atoms with van der Waals surface area (Å²) in [6.45, 7) is 5.45. The van der Waals surface area contributed by atoms with Crippen molar-refractivity contribution in [3.05, 3.63) is 0 Å². The van der Waals surface area contributed by atoms with Crippen molar-refractivity contribution in [2.45, 2.75) is 18.4 Å². The molecule has 0 aromatic rings. The van der Waals surface area contributed by atoms with E-state index < -0.39 is 0 Å². The molecule has 2 aliphatic heterocycles. The fraction of sp³-hybridized carbons (Fsp3) is 0.909. The zero-order valence-corrected chi connectivity index (χ0v) is 9.41. The number of likely N-dealkylation sites (tertiary alicyclic amines) is 1. The van der Waals surface area contributed by atoms with E-state index in [-0.39, 0.29) is 5.54 Å². The molecular formula is C11H19N3O. The number of rotatable bonds is 1. The van der Waals surface area contributed by atoms with Crippen LogP contribution in [0.4, 0.5) is 0 Å². The molecule has 2 heterocycles. The van der Waals surface area contributed by atoms with Gasteiger partial charge in [-0.2, -0.15) is 5.26 Å². The maximum absolute atomic E-state index is 9.43. The molecule has 2 fully saturated rings. The van der Waals surface area contributed by atoms with Crippen molar-refractivity contribution in [2.75, 3.05) is 46.4 Å². The average molecular weight is 209 g/mol. The number of nitriles is 1. The van der Waals surface area contributed by atoms with Crippen molar-refractivity contribution in [2.24, 2.45) is 0 Å². The van der Waals surface area contributed by atoms with Crippen LogP contribution in [-0.2, 0) is 4.74 Å². The van der Waals surface area contributed by atoms with Gasteiger partial charge in [0.15, 0.2) is 0 Å². The van der Waals surface area contributed by atoms with Crippen molar-refractivity contribution >= 4 is 0 Å². The lowest BCUT2D eigenvalue weighted by Gasteiger charge is -2.45. The van der Waals surface area contributed by atoms with Crippen LogP contribution in [-0.4, -0.2) is 61.8 Å². The normalized spacial score (nSPS) is 28.5. The lowest BCUT2D eigenvalue weighted by atomic mass is 9.87. The third-order valence-electron chi connectivity index (χ3n) is 3.64. The minimum absolute atomic E-state index is 0.212. The van der Waals surface area contributed by atoms with E-state index in [1.807, 2.05) is 0 Å². The van der Waals surface area contributed by atoms with E-state index in [1.54, 1.807) is 0 Å². The van der Waals surface area contributed by atoms with Gasteiger partial charge in [-0.05, 0) is 19.9 Å². The van der Waals surface area contributed by atoms with E-state index in [0.29, 0.717) is 0 Å². The molecule has 0 aromatic heterocycles. The lowest BCUT2D eigenvalue weighted by Crippen LogP contribution is -2.57. The van der Waals surface area contributed by atoms with Crippen LogP contribution in [0.15, 0.2) is 0 Å². The van der Waals surface area contributed by atoms with Gasteiger partial charge in [0.1, 0.15) is 5.54 Å². The number of piperidine rings is 1. The molecule has 0 N–H and O–H groups in total. The summed E-state index contributed by atoms with van der Waals surface area (Å²) in [5, 5.41) is 9.43. The van der Waals surface area contributed by atoms with Crippen LogP contribution in [0.2, 0.25) is 0 Å². The van der Waals surface area contributed by atoms with E-state index in [2.05, 4.69) is 22.9 Å². The van der Waals surface area contributed by atoms with E-state index in [9.17, 15) is 5.26 Å². The molecule has 0 aliphatic carbocycles. The molecule has 2 rings (SSSR count). The van der Waals surface area contributed by atoms with Crippen LogP contribution in [0.25, 0.3) is 0 Å². The Kier molecular flexibility index (Phi) is 3.25. The van der Waals surface area contributed by atoms with E-state index in [0.717, 1.165) is 52.2 Å². The molecule has 0 amide bonds. The van der Waals surface area contributed by atoms with Crippen LogP contribution in [0.5, 0.6) is 0 Å². The molecule has 15 heavy (non-hydrogen) atoms. The Bertz CT molecular complexity index is 247. The molecule has 0 aromatic carbocycles. The molecule has 0 unspecified atom stereocenters. The van der Waals surface area contributed by atoms with Gasteiger partial charge in [-0.15, -0.1) is 0 Å². The predicted molar refractivity (Wildman–Crippen MR) is 57.5 cm³/mol. The molecular weight excluding hydrogens is 190 g/mol. The Balaban J connectivity index is 2.04. The second kappa shape index (κ2) is 4.48. The van der Waals surface area contributed by atoms with Gasteiger partial charge in [0.2, 0.25) is 0 Å². The van der Waals surface area contributed by atoms with Crippen LogP contribution in [0.1, 0.15) is 12.8 Å². The van der Waals surface area contributed by atoms with Gasteiger partial charge in [-0.1, -0.05) is 0 Å². The van der Waals surface area contributed by atoms with Crippen molar-refractivity contribution in [1.29, 1.82) is 5.26 Å². The number of nitrogens with zero attached hydrogens (tertiary/aromatic N) is 3. The van der Waals surface area contributed by atoms with Gasteiger partial charge >= 0.3 is 0 Å². The number of hydrogen-bond acceptors (Lipinski definition) is 4. The molecule has 4 heteroatoms. The van der Waals surface area contributed by atoms with E-state index in [4.69, 9.17) is 4.74 Å². The van der Waals surface area contributed by atoms with Crippen molar-refractivity contribution in [1.82, 2.24) is 9.80 Å². The third-order valence-corrected chi connectivity index (χ3v) is 3.64. The quantitative estimate of drug-likeness (QED) is 0.623. The molecule has 0 radical (unpaired) electrons. The first kappa shape index (κ1) is 10.9. The van der Waals surface area contributed by atoms with Crippen molar-refractivity contribution in [3.63, 3.8) is 0 Å². The zero-order chi connectivity index (χ0) is 10.7. The van der Waals surface area contributed by atoms with Crippen LogP contribution < -0.4 is 0 Å². The molecule has 0 saturated carbocycles. The first-order valence-corrected chi connectivity index (χ1v) is 5.69. The molecule has 2 saturated heterocycles. The summed E-state index contributed by atoms with van der Waals surface area (Å²) in [5.74, 6) is 0.